The molecule has 0 aromatic carbocycles. The number of aliphatic hydroxyl groups is 1. The Kier molecular flexibility index (Phi) is 3.34. The monoisotopic (exact) mass is 193 g/mol. The van der Waals surface area contributed by atoms with Gasteiger partial charge in [0.25, 0.3) is 0 Å². The van der Waals surface area contributed by atoms with E-state index in [4.69, 9.17) is 5.26 Å². The molecule has 78 valence electrons. The van der Waals surface area contributed by atoms with Crippen LogP contribution in [-0.4, -0.2) is 11.2 Å². The van der Waals surface area contributed by atoms with Crippen molar-refractivity contribution < 1.29 is 5.11 Å². The van der Waals surface area contributed by atoms with Crippen LogP contribution in [0.15, 0.2) is 12.2 Å². The molecule has 0 unspecified atom stereocenters. The summed E-state index contributed by atoms with van der Waals surface area (Å²) in [5, 5.41) is 18.5. The predicted molar refractivity (Wildman–Crippen MR) is 56.5 cm³/mol. The zero-order valence-corrected chi connectivity index (χ0v) is 9.08. The van der Waals surface area contributed by atoms with Crippen LogP contribution in [0.2, 0.25) is 0 Å². The van der Waals surface area contributed by atoms with E-state index >= 15 is 0 Å². The van der Waals surface area contributed by atoms with Gasteiger partial charge in [-0.25, -0.2) is 0 Å². The fourth-order valence-electron chi connectivity index (χ4n) is 2.69. The lowest BCUT2D eigenvalue weighted by atomic mass is 9.72. The van der Waals surface area contributed by atoms with Crippen molar-refractivity contribution in [3.8, 4) is 6.07 Å². The van der Waals surface area contributed by atoms with Crippen LogP contribution in [0.4, 0.5) is 0 Å². The van der Waals surface area contributed by atoms with E-state index in [0.717, 1.165) is 24.8 Å². The van der Waals surface area contributed by atoms with Crippen molar-refractivity contribution in [3.05, 3.63) is 12.2 Å². The largest absolute Gasteiger partial charge is 0.393 e. The van der Waals surface area contributed by atoms with Crippen molar-refractivity contribution >= 4 is 0 Å². The SMILES string of the molecule is C=C(C)[C@@H]1CC[C@H](O)[C@@]1(C)CCC#N. The molecule has 0 spiro atoms. The molecule has 0 saturated heterocycles. The second-order valence-corrected chi connectivity index (χ2v) is 4.66. The Labute approximate surface area is 86.2 Å². The Hall–Kier alpha value is -0.810. The third-order valence-corrected chi connectivity index (χ3v) is 3.66. The quantitative estimate of drug-likeness (QED) is 0.700. The summed E-state index contributed by atoms with van der Waals surface area (Å²) in [5.74, 6) is 0.380. The van der Waals surface area contributed by atoms with Crippen LogP contribution in [0.25, 0.3) is 0 Å². The summed E-state index contributed by atoms with van der Waals surface area (Å²) in [5.41, 5.74) is 1.02. The molecule has 1 aliphatic rings. The zero-order chi connectivity index (χ0) is 10.8. The van der Waals surface area contributed by atoms with Gasteiger partial charge in [0, 0.05) is 11.8 Å². The highest BCUT2D eigenvalue weighted by molar-refractivity contribution is 5.10. The summed E-state index contributed by atoms with van der Waals surface area (Å²) in [6.07, 6.45) is 2.90. The Morgan fingerprint density at radius 1 is 1.64 bits per heavy atom. The molecular formula is C12H19NO. The second kappa shape index (κ2) is 4.14. The van der Waals surface area contributed by atoms with Crippen LogP contribution >= 0.6 is 0 Å². The molecular weight excluding hydrogens is 174 g/mol. The van der Waals surface area contributed by atoms with Crippen molar-refractivity contribution in [2.75, 3.05) is 0 Å². The molecule has 0 radical (unpaired) electrons. The maximum absolute atomic E-state index is 9.94. The standard InChI is InChI=1S/C12H19NO/c1-9(2)10-5-6-11(14)12(10,3)7-4-8-13/h10-11,14H,1,4-7H2,2-3H3/t10-,11-,12-/m0/s1. The van der Waals surface area contributed by atoms with Gasteiger partial charge in [-0.15, -0.1) is 0 Å². The summed E-state index contributed by atoms with van der Waals surface area (Å²) < 4.78 is 0. The van der Waals surface area contributed by atoms with Gasteiger partial charge in [0.2, 0.25) is 0 Å². The van der Waals surface area contributed by atoms with Gasteiger partial charge in [-0.1, -0.05) is 19.1 Å². The number of nitrogens with zero attached hydrogens (tertiary/aromatic N) is 1. The molecule has 1 N–H and O–H groups in total. The molecule has 0 aliphatic heterocycles. The minimum absolute atomic E-state index is 0.123. The van der Waals surface area contributed by atoms with Gasteiger partial charge in [-0.05, 0) is 32.1 Å². The smallest absolute Gasteiger partial charge is 0.0621 e. The third kappa shape index (κ3) is 1.83. The number of allylic oxidation sites excluding steroid dienone is 1. The van der Waals surface area contributed by atoms with Crippen LogP contribution in [0.1, 0.15) is 39.5 Å². The van der Waals surface area contributed by atoms with E-state index in [9.17, 15) is 5.11 Å². The van der Waals surface area contributed by atoms with Crippen molar-refractivity contribution in [1.82, 2.24) is 0 Å². The Morgan fingerprint density at radius 2 is 2.29 bits per heavy atom. The summed E-state index contributed by atoms with van der Waals surface area (Å²) in [7, 11) is 0. The summed E-state index contributed by atoms with van der Waals surface area (Å²) >= 11 is 0. The summed E-state index contributed by atoms with van der Waals surface area (Å²) in [6.45, 7) is 8.09. The van der Waals surface area contributed by atoms with Gasteiger partial charge in [0.05, 0.1) is 12.2 Å². The maximum atomic E-state index is 9.94. The summed E-state index contributed by atoms with van der Waals surface area (Å²) in [6, 6.07) is 2.16. The van der Waals surface area contributed by atoms with Crippen LogP contribution in [0.3, 0.4) is 0 Å². The first-order valence-corrected chi connectivity index (χ1v) is 5.22. The van der Waals surface area contributed by atoms with E-state index in [1.54, 1.807) is 0 Å². The number of nitriles is 1. The summed E-state index contributed by atoms with van der Waals surface area (Å²) in [4.78, 5) is 0. The van der Waals surface area contributed by atoms with Crippen LogP contribution < -0.4 is 0 Å². The molecule has 0 aromatic rings. The van der Waals surface area contributed by atoms with E-state index in [-0.39, 0.29) is 11.5 Å². The molecule has 1 fully saturated rings. The van der Waals surface area contributed by atoms with Gasteiger partial charge >= 0.3 is 0 Å². The van der Waals surface area contributed by atoms with Gasteiger partial charge in [0.15, 0.2) is 0 Å². The van der Waals surface area contributed by atoms with Gasteiger partial charge in [-0.2, -0.15) is 5.26 Å². The number of hydrogen-bond acceptors (Lipinski definition) is 2. The average molecular weight is 193 g/mol. The molecule has 3 atom stereocenters. The first-order valence-electron chi connectivity index (χ1n) is 5.22. The highest BCUT2D eigenvalue weighted by Crippen LogP contribution is 2.49. The van der Waals surface area contributed by atoms with Crippen LogP contribution in [0.5, 0.6) is 0 Å². The maximum Gasteiger partial charge on any atom is 0.0621 e. The molecule has 0 bridgehead atoms. The van der Waals surface area contributed by atoms with Crippen molar-refractivity contribution in [3.63, 3.8) is 0 Å². The zero-order valence-electron chi connectivity index (χ0n) is 9.08. The normalized spacial score (nSPS) is 36.7. The minimum Gasteiger partial charge on any atom is -0.393 e. The minimum atomic E-state index is -0.266. The van der Waals surface area contributed by atoms with Crippen molar-refractivity contribution in [2.24, 2.45) is 11.3 Å². The number of aliphatic hydroxyl groups excluding tert-OH is 1. The fraction of sp³-hybridized carbons (Fsp3) is 0.750. The molecule has 0 heterocycles. The molecule has 1 saturated carbocycles. The molecule has 1 aliphatic carbocycles. The highest BCUT2D eigenvalue weighted by Gasteiger charge is 2.45. The fourth-order valence-corrected chi connectivity index (χ4v) is 2.69. The van der Waals surface area contributed by atoms with Crippen LogP contribution in [-0.2, 0) is 0 Å². The first kappa shape index (κ1) is 11.3. The molecule has 14 heavy (non-hydrogen) atoms. The molecule has 1 rings (SSSR count). The van der Waals surface area contributed by atoms with E-state index in [2.05, 4.69) is 19.6 Å². The second-order valence-electron chi connectivity index (χ2n) is 4.66. The van der Waals surface area contributed by atoms with Gasteiger partial charge in [-0.3, -0.25) is 0 Å². The number of hydrogen-bond donors (Lipinski definition) is 1. The first-order chi connectivity index (χ1) is 6.52. The Balaban J connectivity index is 2.79. The third-order valence-electron chi connectivity index (χ3n) is 3.66. The molecule has 2 nitrogen and oxygen atoms in total. The average Bonchev–Trinajstić information content (AvgIpc) is 2.41. The van der Waals surface area contributed by atoms with Crippen LogP contribution in [0, 0.1) is 22.7 Å². The van der Waals surface area contributed by atoms with Crippen molar-refractivity contribution in [1.29, 1.82) is 5.26 Å². The topological polar surface area (TPSA) is 44.0 Å². The Bertz CT molecular complexity index is 266. The molecule has 0 amide bonds. The van der Waals surface area contributed by atoms with E-state index in [1.165, 1.54) is 0 Å². The van der Waals surface area contributed by atoms with Gasteiger partial charge < -0.3 is 5.11 Å². The lowest BCUT2D eigenvalue weighted by molar-refractivity contribution is 0.0421. The lowest BCUT2D eigenvalue weighted by Gasteiger charge is -2.34. The molecule has 0 aromatic heterocycles. The number of rotatable bonds is 3. The van der Waals surface area contributed by atoms with E-state index in [0.29, 0.717) is 12.3 Å². The molecule has 2 heteroatoms. The Morgan fingerprint density at radius 3 is 2.79 bits per heavy atom. The highest BCUT2D eigenvalue weighted by atomic mass is 16.3. The lowest BCUT2D eigenvalue weighted by Crippen LogP contribution is -2.32. The van der Waals surface area contributed by atoms with Gasteiger partial charge in [0.1, 0.15) is 0 Å². The van der Waals surface area contributed by atoms with E-state index in [1.807, 2.05) is 6.92 Å². The van der Waals surface area contributed by atoms with E-state index < -0.39 is 0 Å². The van der Waals surface area contributed by atoms with Crippen molar-refractivity contribution in [2.45, 2.75) is 45.6 Å². The predicted octanol–water partition coefficient (Wildman–Crippen LogP) is 2.64.